The van der Waals surface area contributed by atoms with Crippen LogP contribution in [0.5, 0.6) is 5.75 Å². The Morgan fingerprint density at radius 2 is 1.67 bits per heavy atom. The Bertz CT molecular complexity index is 1110. The second-order valence-electron chi connectivity index (χ2n) is 8.59. The van der Waals surface area contributed by atoms with Gasteiger partial charge in [-0.1, -0.05) is 12.5 Å². The van der Waals surface area contributed by atoms with Gasteiger partial charge in [0.25, 0.3) is 0 Å². The van der Waals surface area contributed by atoms with Gasteiger partial charge in [-0.25, -0.2) is 4.98 Å². The van der Waals surface area contributed by atoms with Gasteiger partial charge in [0.05, 0.1) is 6.10 Å². The summed E-state index contributed by atoms with van der Waals surface area (Å²) in [5, 5.41) is 9.45. The topological polar surface area (TPSA) is 88.2 Å². The zero-order valence-corrected chi connectivity index (χ0v) is 19.4. The SMILES string of the molecule is CC(=O)Nc1cc(Nc2nc(Nc3ccc(OC4CCCCC4)cc3)ncc2C)ccc1C. The lowest BCUT2D eigenvalue weighted by atomic mass is 9.98. The van der Waals surface area contributed by atoms with E-state index in [0.717, 1.165) is 46.8 Å². The third kappa shape index (κ3) is 6.22. The monoisotopic (exact) mass is 445 g/mol. The lowest BCUT2D eigenvalue weighted by molar-refractivity contribution is -0.114. The van der Waals surface area contributed by atoms with Crippen molar-refractivity contribution in [1.82, 2.24) is 9.97 Å². The number of hydrogen-bond acceptors (Lipinski definition) is 6. The zero-order chi connectivity index (χ0) is 23.2. The molecular weight excluding hydrogens is 414 g/mol. The highest BCUT2D eigenvalue weighted by Gasteiger charge is 2.14. The summed E-state index contributed by atoms with van der Waals surface area (Å²) in [5.74, 6) is 1.99. The van der Waals surface area contributed by atoms with Gasteiger partial charge >= 0.3 is 0 Å². The van der Waals surface area contributed by atoms with Crippen LogP contribution in [-0.4, -0.2) is 22.0 Å². The van der Waals surface area contributed by atoms with Crippen molar-refractivity contribution in [2.24, 2.45) is 0 Å². The Hall–Kier alpha value is -3.61. The normalized spacial score (nSPS) is 13.9. The Morgan fingerprint density at radius 1 is 0.939 bits per heavy atom. The number of nitrogens with zero attached hydrogens (tertiary/aromatic N) is 2. The van der Waals surface area contributed by atoms with Gasteiger partial charge < -0.3 is 20.7 Å². The summed E-state index contributed by atoms with van der Waals surface area (Å²) in [6.07, 6.45) is 8.21. The van der Waals surface area contributed by atoms with Crippen LogP contribution in [0.3, 0.4) is 0 Å². The maximum absolute atomic E-state index is 11.5. The molecule has 172 valence electrons. The summed E-state index contributed by atoms with van der Waals surface area (Å²) < 4.78 is 6.11. The smallest absolute Gasteiger partial charge is 0.229 e. The van der Waals surface area contributed by atoms with E-state index in [2.05, 4.69) is 25.9 Å². The number of carbonyl (C=O) groups is 1. The van der Waals surface area contributed by atoms with Gasteiger partial charge in [-0.2, -0.15) is 4.98 Å². The molecule has 7 heteroatoms. The molecule has 0 aliphatic heterocycles. The van der Waals surface area contributed by atoms with E-state index in [1.165, 1.54) is 26.2 Å². The summed E-state index contributed by atoms with van der Waals surface area (Å²) in [6, 6.07) is 13.7. The van der Waals surface area contributed by atoms with Gasteiger partial charge in [0.15, 0.2) is 0 Å². The number of rotatable bonds is 7. The van der Waals surface area contributed by atoms with Gasteiger partial charge in [0.2, 0.25) is 11.9 Å². The maximum Gasteiger partial charge on any atom is 0.229 e. The molecule has 0 bridgehead atoms. The van der Waals surface area contributed by atoms with Gasteiger partial charge in [-0.15, -0.1) is 0 Å². The van der Waals surface area contributed by atoms with Crippen LogP contribution in [0.25, 0.3) is 0 Å². The molecule has 1 saturated carbocycles. The quantitative estimate of drug-likeness (QED) is 0.398. The summed E-state index contributed by atoms with van der Waals surface area (Å²) in [5.41, 5.74) is 4.41. The van der Waals surface area contributed by atoms with Gasteiger partial charge in [-0.05, 0) is 81.5 Å². The molecule has 33 heavy (non-hydrogen) atoms. The molecule has 1 amide bonds. The molecule has 0 atom stereocenters. The standard InChI is InChI=1S/C26H31N5O2/c1-17-9-10-21(15-24(17)28-19(3)32)29-25-18(2)16-27-26(31-25)30-20-11-13-23(14-12-20)33-22-7-5-4-6-8-22/h9-16,22H,4-8H2,1-3H3,(H,28,32)(H2,27,29,30,31). The Kier molecular flexibility index (Phi) is 7.07. The van der Waals surface area contributed by atoms with Crippen LogP contribution in [0.4, 0.5) is 28.8 Å². The van der Waals surface area contributed by atoms with E-state index in [-0.39, 0.29) is 5.91 Å². The van der Waals surface area contributed by atoms with E-state index in [9.17, 15) is 4.79 Å². The van der Waals surface area contributed by atoms with Gasteiger partial charge in [0, 0.05) is 35.7 Å². The number of aromatic nitrogens is 2. The Labute approximate surface area is 195 Å². The minimum absolute atomic E-state index is 0.102. The molecule has 1 aliphatic carbocycles. The first-order chi connectivity index (χ1) is 16.0. The van der Waals surface area contributed by atoms with Crippen molar-refractivity contribution in [2.45, 2.75) is 59.0 Å². The number of carbonyl (C=O) groups excluding carboxylic acids is 1. The molecule has 1 fully saturated rings. The highest BCUT2D eigenvalue weighted by atomic mass is 16.5. The van der Waals surface area contributed by atoms with Crippen molar-refractivity contribution < 1.29 is 9.53 Å². The molecule has 1 aliphatic rings. The average Bonchev–Trinajstić information content (AvgIpc) is 2.80. The van der Waals surface area contributed by atoms with E-state index in [1.54, 1.807) is 6.20 Å². The molecule has 0 unspecified atom stereocenters. The minimum atomic E-state index is -0.102. The van der Waals surface area contributed by atoms with Crippen molar-refractivity contribution >= 4 is 34.7 Å². The summed E-state index contributed by atoms with van der Waals surface area (Å²) in [7, 11) is 0. The Morgan fingerprint density at radius 3 is 2.39 bits per heavy atom. The number of amides is 1. The first kappa shape index (κ1) is 22.6. The van der Waals surface area contributed by atoms with Crippen LogP contribution >= 0.6 is 0 Å². The van der Waals surface area contributed by atoms with Gasteiger partial charge in [0.1, 0.15) is 11.6 Å². The highest BCUT2D eigenvalue weighted by Crippen LogP contribution is 2.27. The van der Waals surface area contributed by atoms with E-state index in [1.807, 2.05) is 56.3 Å². The first-order valence-corrected chi connectivity index (χ1v) is 11.5. The van der Waals surface area contributed by atoms with Crippen LogP contribution in [0, 0.1) is 13.8 Å². The van der Waals surface area contributed by atoms with Crippen molar-refractivity contribution in [1.29, 1.82) is 0 Å². The summed E-state index contributed by atoms with van der Waals surface area (Å²) in [4.78, 5) is 20.5. The fraction of sp³-hybridized carbons (Fsp3) is 0.346. The molecule has 2 aromatic carbocycles. The second-order valence-corrected chi connectivity index (χ2v) is 8.59. The van der Waals surface area contributed by atoms with Crippen molar-refractivity contribution in [3.63, 3.8) is 0 Å². The van der Waals surface area contributed by atoms with E-state index >= 15 is 0 Å². The fourth-order valence-corrected chi connectivity index (χ4v) is 3.91. The number of nitrogens with one attached hydrogen (secondary N) is 3. The third-order valence-corrected chi connectivity index (χ3v) is 5.75. The van der Waals surface area contributed by atoms with Crippen LogP contribution in [0.15, 0.2) is 48.7 Å². The molecular formula is C26H31N5O2. The molecule has 3 aromatic rings. The van der Waals surface area contributed by atoms with E-state index in [0.29, 0.717) is 17.9 Å². The van der Waals surface area contributed by atoms with E-state index in [4.69, 9.17) is 4.74 Å². The van der Waals surface area contributed by atoms with Crippen molar-refractivity contribution in [3.05, 3.63) is 59.8 Å². The van der Waals surface area contributed by atoms with Crippen molar-refractivity contribution in [3.8, 4) is 5.75 Å². The number of benzene rings is 2. The minimum Gasteiger partial charge on any atom is -0.490 e. The second kappa shape index (κ2) is 10.3. The number of ether oxygens (including phenoxy) is 1. The maximum atomic E-state index is 11.5. The molecule has 0 radical (unpaired) electrons. The lowest BCUT2D eigenvalue weighted by Gasteiger charge is -2.23. The van der Waals surface area contributed by atoms with Crippen molar-refractivity contribution in [2.75, 3.05) is 16.0 Å². The third-order valence-electron chi connectivity index (χ3n) is 5.75. The molecule has 0 spiro atoms. The van der Waals surface area contributed by atoms with Gasteiger partial charge in [-0.3, -0.25) is 4.79 Å². The van der Waals surface area contributed by atoms with Crippen LogP contribution < -0.4 is 20.7 Å². The predicted octanol–water partition coefficient (Wildman–Crippen LogP) is 6.25. The number of aryl methyl sites for hydroxylation is 2. The largest absolute Gasteiger partial charge is 0.490 e. The highest BCUT2D eigenvalue weighted by molar-refractivity contribution is 5.90. The molecule has 7 nitrogen and oxygen atoms in total. The fourth-order valence-electron chi connectivity index (χ4n) is 3.91. The summed E-state index contributed by atoms with van der Waals surface area (Å²) in [6.45, 7) is 5.41. The first-order valence-electron chi connectivity index (χ1n) is 11.5. The van der Waals surface area contributed by atoms with E-state index < -0.39 is 0 Å². The summed E-state index contributed by atoms with van der Waals surface area (Å²) >= 11 is 0. The van der Waals surface area contributed by atoms with Crippen LogP contribution in [0.1, 0.15) is 50.2 Å². The Balaban J connectivity index is 1.43. The molecule has 1 heterocycles. The van der Waals surface area contributed by atoms with Crippen LogP contribution in [0.2, 0.25) is 0 Å². The number of hydrogen-bond donors (Lipinski definition) is 3. The molecule has 4 rings (SSSR count). The zero-order valence-electron chi connectivity index (χ0n) is 19.4. The molecule has 0 saturated heterocycles. The van der Waals surface area contributed by atoms with Crippen LogP contribution in [-0.2, 0) is 4.79 Å². The lowest BCUT2D eigenvalue weighted by Crippen LogP contribution is -2.19. The molecule has 3 N–H and O–H groups in total. The predicted molar refractivity (Wildman–Crippen MR) is 133 cm³/mol. The molecule has 1 aromatic heterocycles. The number of anilines is 5. The average molecular weight is 446 g/mol.